The van der Waals surface area contributed by atoms with Gasteiger partial charge in [-0.1, -0.05) is 17.8 Å². The van der Waals surface area contributed by atoms with Gasteiger partial charge in [-0.25, -0.2) is 4.68 Å². The number of tetrazole rings is 1. The van der Waals surface area contributed by atoms with Gasteiger partial charge in [0, 0.05) is 31.0 Å². The summed E-state index contributed by atoms with van der Waals surface area (Å²) in [5, 5.41) is 15.8. The maximum Gasteiger partial charge on any atom is 0.209 e. The molecule has 1 aromatic heterocycles. The lowest BCUT2D eigenvalue weighted by Crippen LogP contribution is -2.15. The zero-order valence-corrected chi connectivity index (χ0v) is 13.1. The largest absolute Gasteiger partial charge is 0.496 e. The van der Waals surface area contributed by atoms with Crippen LogP contribution in [0.25, 0.3) is 0 Å². The summed E-state index contributed by atoms with van der Waals surface area (Å²) in [7, 11) is 3.55. The predicted octanol–water partition coefficient (Wildman–Crippen LogP) is 1.76. The summed E-state index contributed by atoms with van der Waals surface area (Å²) < 4.78 is 7.12. The molecule has 0 unspecified atom stereocenters. The number of aromatic nitrogens is 4. The Morgan fingerprint density at radius 3 is 2.95 bits per heavy atom. The average molecular weight is 305 g/mol. The lowest BCUT2D eigenvalue weighted by Gasteiger charge is -2.11. The molecule has 6 nitrogen and oxygen atoms in total. The molecule has 112 valence electrons. The van der Waals surface area contributed by atoms with Gasteiger partial charge >= 0.3 is 0 Å². The Kier molecular flexibility index (Phi) is 4.40. The molecule has 0 bridgehead atoms. The fourth-order valence-electron chi connectivity index (χ4n) is 2.09. The second-order valence-corrected chi connectivity index (χ2v) is 6.12. The van der Waals surface area contributed by atoms with E-state index in [-0.39, 0.29) is 0 Å². The van der Waals surface area contributed by atoms with Crippen molar-refractivity contribution in [1.82, 2.24) is 25.5 Å². The third kappa shape index (κ3) is 3.74. The molecule has 0 amide bonds. The lowest BCUT2D eigenvalue weighted by molar-refractivity contribution is 0.411. The third-order valence-corrected chi connectivity index (χ3v) is 4.51. The first-order valence-corrected chi connectivity index (χ1v) is 7.99. The molecule has 1 fully saturated rings. The molecule has 1 aliphatic rings. The van der Waals surface area contributed by atoms with Crippen molar-refractivity contribution in [3.05, 3.63) is 29.3 Å². The first kappa shape index (κ1) is 14.3. The van der Waals surface area contributed by atoms with Crippen LogP contribution in [-0.2, 0) is 19.3 Å². The number of hydrogen-bond acceptors (Lipinski definition) is 6. The number of nitrogens with one attached hydrogen (secondary N) is 1. The minimum absolute atomic E-state index is 0.717. The molecule has 0 spiro atoms. The summed E-state index contributed by atoms with van der Waals surface area (Å²) in [6, 6.07) is 7.07. The van der Waals surface area contributed by atoms with Gasteiger partial charge in [0.1, 0.15) is 5.75 Å². The van der Waals surface area contributed by atoms with Crippen LogP contribution in [0.5, 0.6) is 5.75 Å². The maximum atomic E-state index is 5.45. The van der Waals surface area contributed by atoms with Gasteiger partial charge in [-0.05, 0) is 41.0 Å². The zero-order chi connectivity index (χ0) is 14.7. The third-order valence-electron chi connectivity index (χ3n) is 3.46. The van der Waals surface area contributed by atoms with Gasteiger partial charge in [0.15, 0.2) is 0 Å². The van der Waals surface area contributed by atoms with Crippen LogP contribution < -0.4 is 10.1 Å². The van der Waals surface area contributed by atoms with E-state index in [1.165, 1.54) is 24.0 Å². The van der Waals surface area contributed by atoms with Crippen LogP contribution in [0.4, 0.5) is 0 Å². The van der Waals surface area contributed by atoms with E-state index in [1.54, 1.807) is 23.6 Å². The Morgan fingerprint density at radius 1 is 1.43 bits per heavy atom. The van der Waals surface area contributed by atoms with Gasteiger partial charge in [-0.3, -0.25) is 0 Å². The van der Waals surface area contributed by atoms with Crippen LogP contribution in [0.2, 0.25) is 0 Å². The molecule has 1 saturated carbocycles. The molecule has 1 aliphatic carbocycles. The van der Waals surface area contributed by atoms with Crippen molar-refractivity contribution in [2.24, 2.45) is 7.05 Å². The zero-order valence-electron chi connectivity index (χ0n) is 12.2. The van der Waals surface area contributed by atoms with Crippen molar-refractivity contribution in [1.29, 1.82) is 0 Å². The Bertz CT molecular complexity index is 611. The Labute approximate surface area is 128 Å². The van der Waals surface area contributed by atoms with Crippen molar-refractivity contribution in [3.8, 4) is 5.75 Å². The average Bonchev–Trinajstić information content (AvgIpc) is 3.25. The van der Waals surface area contributed by atoms with Gasteiger partial charge in [0.2, 0.25) is 5.16 Å². The molecule has 0 radical (unpaired) electrons. The highest BCUT2D eigenvalue weighted by Crippen LogP contribution is 2.28. The lowest BCUT2D eigenvalue weighted by atomic mass is 10.1. The van der Waals surface area contributed by atoms with Gasteiger partial charge in [0.05, 0.1) is 7.11 Å². The molecule has 1 N–H and O–H groups in total. The predicted molar refractivity (Wildman–Crippen MR) is 81.2 cm³/mol. The van der Waals surface area contributed by atoms with E-state index in [0.29, 0.717) is 0 Å². The minimum Gasteiger partial charge on any atom is -0.496 e. The van der Waals surface area contributed by atoms with Crippen LogP contribution in [0, 0.1) is 0 Å². The summed E-state index contributed by atoms with van der Waals surface area (Å²) in [6.45, 7) is 0.915. The number of hydrogen-bond donors (Lipinski definition) is 1. The number of thioether (sulfide) groups is 1. The van der Waals surface area contributed by atoms with Crippen molar-refractivity contribution in [3.63, 3.8) is 0 Å². The van der Waals surface area contributed by atoms with Crippen LogP contribution in [0.15, 0.2) is 23.4 Å². The van der Waals surface area contributed by atoms with E-state index in [9.17, 15) is 0 Å². The quantitative estimate of drug-likeness (QED) is 0.786. The molecule has 7 heteroatoms. The molecule has 0 atom stereocenters. The molecule has 1 aromatic carbocycles. The molecular formula is C14H19N5OS. The standard InChI is InChI=1S/C14H19N5OS/c1-19-14(16-17-18-19)21-9-11-7-10(3-6-13(11)20-2)8-15-12-4-5-12/h3,6-7,12,15H,4-5,8-9H2,1-2H3. The van der Waals surface area contributed by atoms with E-state index in [4.69, 9.17) is 4.74 Å². The van der Waals surface area contributed by atoms with Crippen molar-refractivity contribution < 1.29 is 4.74 Å². The normalized spacial score (nSPS) is 14.4. The summed E-state index contributed by atoms with van der Waals surface area (Å²) in [5.74, 6) is 1.70. The Morgan fingerprint density at radius 2 is 2.29 bits per heavy atom. The Hall–Kier alpha value is -1.60. The monoisotopic (exact) mass is 305 g/mol. The minimum atomic E-state index is 0.717. The molecular weight excluding hydrogens is 286 g/mol. The van der Waals surface area contributed by atoms with Crippen LogP contribution in [0.1, 0.15) is 24.0 Å². The number of rotatable bonds is 7. The van der Waals surface area contributed by atoms with Crippen LogP contribution >= 0.6 is 11.8 Å². The maximum absolute atomic E-state index is 5.45. The molecule has 2 aromatic rings. The highest BCUT2D eigenvalue weighted by Gasteiger charge is 2.20. The van der Waals surface area contributed by atoms with Crippen LogP contribution in [-0.4, -0.2) is 33.4 Å². The number of benzene rings is 1. The van der Waals surface area contributed by atoms with Gasteiger partial charge in [-0.15, -0.1) is 5.10 Å². The van der Waals surface area contributed by atoms with E-state index in [0.717, 1.165) is 29.2 Å². The fourth-order valence-corrected chi connectivity index (χ4v) is 2.92. The van der Waals surface area contributed by atoms with Gasteiger partial charge < -0.3 is 10.1 Å². The molecule has 3 rings (SSSR count). The van der Waals surface area contributed by atoms with Crippen LogP contribution in [0.3, 0.4) is 0 Å². The first-order valence-electron chi connectivity index (χ1n) is 7.00. The highest BCUT2D eigenvalue weighted by molar-refractivity contribution is 7.98. The first-order chi connectivity index (χ1) is 10.3. The topological polar surface area (TPSA) is 64.9 Å². The second-order valence-electron chi connectivity index (χ2n) is 5.18. The van der Waals surface area contributed by atoms with Crippen molar-refractivity contribution in [2.75, 3.05) is 7.11 Å². The molecule has 0 saturated heterocycles. The van der Waals surface area contributed by atoms with E-state index in [1.807, 2.05) is 13.1 Å². The molecule has 1 heterocycles. The van der Waals surface area contributed by atoms with Crippen molar-refractivity contribution >= 4 is 11.8 Å². The highest BCUT2D eigenvalue weighted by atomic mass is 32.2. The van der Waals surface area contributed by atoms with E-state index < -0.39 is 0 Å². The summed E-state index contributed by atoms with van der Waals surface area (Å²) in [5.41, 5.74) is 2.45. The van der Waals surface area contributed by atoms with E-state index >= 15 is 0 Å². The number of methoxy groups -OCH3 is 1. The number of aryl methyl sites for hydroxylation is 1. The smallest absolute Gasteiger partial charge is 0.209 e. The Balaban J connectivity index is 1.68. The molecule has 21 heavy (non-hydrogen) atoms. The summed E-state index contributed by atoms with van der Waals surface area (Å²) in [4.78, 5) is 0. The van der Waals surface area contributed by atoms with Gasteiger partial charge in [0.25, 0.3) is 0 Å². The molecule has 0 aliphatic heterocycles. The summed E-state index contributed by atoms with van der Waals surface area (Å²) in [6.07, 6.45) is 2.61. The number of ether oxygens (including phenoxy) is 1. The van der Waals surface area contributed by atoms with Gasteiger partial charge in [-0.2, -0.15) is 0 Å². The van der Waals surface area contributed by atoms with E-state index in [2.05, 4.69) is 33.0 Å². The van der Waals surface area contributed by atoms with Crippen molar-refractivity contribution in [2.45, 2.75) is 36.3 Å². The SMILES string of the molecule is COc1ccc(CNC2CC2)cc1CSc1nnnn1C. The number of nitrogens with zero attached hydrogens (tertiary/aromatic N) is 4. The fraction of sp³-hybridized carbons (Fsp3) is 0.500. The summed E-state index contributed by atoms with van der Waals surface area (Å²) >= 11 is 1.61. The second kappa shape index (κ2) is 6.44.